The molecule has 1 aliphatic rings. The number of hydrogen-bond acceptors (Lipinski definition) is 5. The maximum absolute atomic E-state index is 12.8. The molecule has 0 atom stereocenters. The van der Waals surface area contributed by atoms with Gasteiger partial charge in [0.2, 0.25) is 15.9 Å². The van der Waals surface area contributed by atoms with Crippen LogP contribution in [0, 0.1) is 0 Å². The van der Waals surface area contributed by atoms with Crippen molar-refractivity contribution in [1.29, 1.82) is 0 Å². The van der Waals surface area contributed by atoms with Crippen molar-refractivity contribution in [2.24, 2.45) is 7.05 Å². The van der Waals surface area contributed by atoms with Gasteiger partial charge < -0.3 is 5.32 Å². The number of carbonyl (C=O) groups excluding carboxylic acids is 1. The molecule has 2 N–H and O–H groups in total. The first-order valence-corrected chi connectivity index (χ1v) is 11.6. The second kappa shape index (κ2) is 7.72. The second-order valence-electron chi connectivity index (χ2n) is 8.46. The molecule has 1 saturated carbocycles. The van der Waals surface area contributed by atoms with Crippen LogP contribution in [0.1, 0.15) is 32.3 Å². The van der Waals surface area contributed by atoms with Gasteiger partial charge in [-0.15, -0.1) is 0 Å². The van der Waals surface area contributed by atoms with Gasteiger partial charge in [-0.3, -0.25) is 18.7 Å². The van der Waals surface area contributed by atoms with Gasteiger partial charge in [-0.2, -0.15) is 0 Å². The van der Waals surface area contributed by atoms with E-state index in [4.69, 9.17) is 0 Å². The fraction of sp³-hybridized carbons (Fsp3) is 0.318. The van der Waals surface area contributed by atoms with Crippen molar-refractivity contribution < 1.29 is 13.2 Å². The highest BCUT2D eigenvalue weighted by atomic mass is 32.2. The van der Waals surface area contributed by atoms with E-state index >= 15 is 0 Å². The number of benzene rings is 2. The lowest BCUT2D eigenvalue weighted by molar-refractivity contribution is -0.114. The van der Waals surface area contributed by atoms with E-state index in [0.717, 1.165) is 23.0 Å². The summed E-state index contributed by atoms with van der Waals surface area (Å²) < 4.78 is 30.6. The number of nitrogens with one attached hydrogen (secondary N) is 2. The van der Waals surface area contributed by atoms with Gasteiger partial charge in [0.1, 0.15) is 0 Å². The lowest BCUT2D eigenvalue weighted by Crippen LogP contribution is -2.38. The maximum atomic E-state index is 12.8. The van der Waals surface area contributed by atoms with Crippen LogP contribution in [0.15, 0.2) is 56.9 Å². The minimum atomic E-state index is -3.79. The van der Waals surface area contributed by atoms with Crippen LogP contribution in [0.3, 0.4) is 0 Å². The zero-order valence-electron chi connectivity index (χ0n) is 18.0. The molecule has 1 amide bonds. The van der Waals surface area contributed by atoms with Crippen LogP contribution in [-0.4, -0.2) is 29.0 Å². The summed E-state index contributed by atoms with van der Waals surface area (Å²) >= 11 is 0. The molecule has 168 valence electrons. The summed E-state index contributed by atoms with van der Waals surface area (Å²) in [4.78, 5) is 36.8. The number of hydrogen-bond donors (Lipinski definition) is 2. The number of rotatable bonds is 6. The van der Waals surface area contributed by atoms with Gasteiger partial charge in [0.25, 0.3) is 5.56 Å². The predicted octanol–water partition coefficient (Wildman–Crippen LogP) is 1.54. The molecular weight excluding hydrogens is 432 g/mol. The molecule has 32 heavy (non-hydrogen) atoms. The third kappa shape index (κ3) is 4.23. The largest absolute Gasteiger partial charge is 0.331 e. The minimum Gasteiger partial charge on any atom is -0.326 e. The average molecular weight is 457 g/mol. The molecule has 1 fully saturated rings. The van der Waals surface area contributed by atoms with Crippen molar-refractivity contribution in [3.8, 4) is 0 Å². The molecule has 0 bridgehead atoms. The molecule has 0 radical (unpaired) electrons. The number of sulfonamides is 1. The van der Waals surface area contributed by atoms with E-state index in [0.29, 0.717) is 11.2 Å². The fourth-order valence-corrected chi connectivity index (χ4v) is 5.04. The highest BCUT2D eigenvalue weighted by Crippen LogP contribution is 2.36. The van der Waals surface area contributed by atoms with Crippen LogP contribution in [0.5, 0.6) is 0 Å². The summed E-state index contributed by atoms with van der Waals surface area (Å²) in [5.74, 6) is -0.186. The Kier molecular flexibility index (Phi) is 5.30. The zero-order chi connectivity index (χ0) is 23.3. The molecule has 9 nitrogen and oxygen atoms in total. The van der Waals surface area contributed by atoms with Gasteiger partial charge in [0, 0.05) is 25.2 Å². The van der Waals surface area contributed by atoms with Crippen LogP contribution < -0.4 is 21.3 Å². The third-order valence-corrected chi connectivity index (χ3v) is 7.25. The molecule has 1 heterocycles. The van der Waals surface area contributed by atoms with Crippen LogP contribution in [-0.2, 0) is 28.4 Å². The molecule has 10 heteroatoms. The summed E-state index contributed by atoms with van der Waals surface area (Å²) in [6.07, 6.45) is 1.53. The normalized spacial score (nSPS) is 15.0. The molecule has 1 aliphatic carbocycles. The number of carbonyl (C=O) groups is 1. The smallest absolute Gasteiger partial charge is 0.326 e. The van der Waals surface area contributed by atoms with Crippen molar-refractivity contribution in [3.63, 3.8) is 0 Å². The zero-order valence-corrected chi connectivity index (χ0v) is 18.8. The van der Waals surface area contributed by atoms with Crippen LogP contribution in [0.2, 0.25) is 0 Å². The molecule has 0 saturated heterocycles. The highest BCUT2D eigenvalue weighted by molar-refractivity contribution is 7.89. The lowest BCUT2D eigenvalue weighted by Gasteiger charge is -2.15. The van der Waals surface area contributed by atoms with E-state index in [1.54, 1.807) is 24.3 Å². The van der Waals surface area contributed by atoms with Gasteiger partial charge >= 0.3 is 5.69 Å². The average Bonchev–Trinajstić information content (AvgIpc) is 3.45. The number of anilines is 1. The van der Waals surface area contributed by atoms with E-state index in [1.807, 2.05) is 6.92 Å². The Balaban J connectivity index is 1.77. The van der Waals surface area contributed by atoms with Crippen molar-refractivity contribution in [2.75, 3.05) is 5.32 Å². The monoisotopic (exact) mass is 456 g/mol. The van der Waals surface area contributed by atoms with Gasteiger partial charge in [-0.25, -0.2) is 17.9 Å². The summed E-state index contributed by atoms with van der Waals surface area (Å²) in [5, 5.41) is 2.82. The van der Waals surface area contributed by atoms with E-state index in [9.17, 15) is 22.8 Å². The van der Waals surface area contributed by atoms with E-state index < -0.39 is 26.8 Å². The summed E-state index contributed by atoms with van der Waals surface area (Å²) in [5.41, 5.74) is 0.248. The first-order chi connectivity index (χ1) is 15.0. The standard InChI is InChI=1S/C22H24N4O5S/c1-14(27)23-16-6-4-15(5-7-16)13-26-19-9-8-17(32(30,31)24-22(2)10-11-22)12-18(19)20(28)25(3)21(26)29/h4-9,12,24H,10-11,13H2,1-3H3,(H,23,27). The van der Waals surface area contributed by atoms with Gasteiger partial charge in [-0.05, 0) is 55.7 Å². The highest BCUT2D eigenvalue weighted by Gasteiger charge is 2.41. The Morgan fingerprint density at radius 3 is 2.34 bits per heavy atom. The molecule has 2 aromatic carbocycles. The van der Waals surface area contributed by atoms with Gasteiger partial charge in [0.15, 0.2) is 0 Å². The van der Waals surface area contributed by atoms with Crippen molar-refractivity contribution in [3.05, 3.63) is 68.9 Å². The molecule has 0 unspecified atom stereocenters. The van der Waals surface area contributed by atoms with Crippen LogP contribution >= 0.6 is 0 Å². The molecule has 0 spiro atoms. The molecule has 3 aromatic rings. The van der Waals surface area contributed by atoms with Crippen molar-refractivity contribution >= 4 is 32.5 Å². The number of amides is 1. The Morgan fingerprint density at radius 2 is 1.75 bits per heavy atom. The van der Waals surface area contributed by atoms with E-state index in [2.05, 4.69) is 10.0 Å². The number of nitrogens with zero attached hydrogens (tertiary/aromatic N) is 2. The molecule has 4 rings (SSSR count). The Morgan fingerprint density at radius 1 is 1.09 bits per heavy atom. The summed E-state index contributed by atoms with van der Waals surface area (Å²) in [7, 11) is -2.43. The van der Waals surface area contributed by atoms with Crippen molar-refractivity contribution in [2.45, 2.75) is 43.7 Å². The topological polar surface area (TPSA) is 119 Å². The SMILES string of the molecule is CC(=O)Nc1ccc(Cn2c(=O)n(C)c(=O)c3cc(S(=O)(=O)NC4(C)CC4)ccc32)cc1. The van der Waals surface area contributed by atoms with Gasteiger partial charge in [-0.1, -0.05) is 12.1 Å². The maximum Gasteiger partial charge on any atom is 0.331 e. The summed E-state index contributed by atoms with van der Waals surface area (Å²) in [6, 6.07) is 11.2. The first kappa shape index (κ1) is 22.0. The third-order valence-electron chi connectivity index (χ3n) is 5.62. The van der Waals surface area contributed by atoms with E-state index in [-0.39, 0.29) is 22.7 Å². The second-order valence-corrected chi connectivity index (χ2v) is 10.1. The minimum absolute atomic E-state index is 0.0138. The van der Waals surface area contributed by atoms with Crippen LogP contribution in [0.25, 0.3) is 10.9 Å². The van der Waals surface area contributed by atoms with Crippen molar-refractivity contribution in [1.82, 2.24) is 13.9 Å². The Labute approximate surface area is 184 Å². The number of fused-ring (bicyclic) bond motifs is 1. The number of aromatic nitrogens is 2. The predicted molar refractivity (Wildman–Crippen MR) is 121 cm³/mol. The lowest BCUT2D eigenvalue weighted by atomic mass is 10.2. The van der Waals surface area contributed by atoms with E-state index in [1.165, 1.54) is 36.7 Å². The Hall–Kier alpha value is -3.24. The molecular formula is C22H24N4O5S. The summed E-state index contributed by atoms with van der Waals surface area (Å²) in [6.45, 7) is 3.42. The van der Waals surface area contributed by atoms with Gasteiger partial charge in [0.05, 0.1) is 22.3 Å². The quantitative estimate of drug-likeness (QED) is 0.583. The first-order valence-electron chi connectivity index (χ1n) is 10.1. The Bertz CT molecular complexity index is 1450. The molecule has 1 aromatic heterocycles. The fourth-order valence-electron chi connectivity index (χ4n) is 3.55. The van der Waals surface area contributed by atoms with Crippen LogP contribution in [0.4, 0.5) is 5.69 Å². The molecule has 0 aliphatic heterocycles.